The second-order valence-electron chi connectivity index (χ2n) is 2.75. The summed E-state index contributed by atoms with van der Waals surface area (Å²) in [4.78, 5) is 18.4. The lowest BCUT2D eigenvalue weighted by Crippen LogP contribution is -1.99. The van der Waals surface area contributed by atoms with E-state index in [4.69, 9.17) is 17.3 Å². The molecule has 14 heavy (non-hydrogen) atoms. The van der Waals surface area contributed by atoms with Crippen molar-refractivity contribution in [1.82, 2.24) is 19.6 Å². The Balaban J connectivity index is 2.83. The summed E-state index contributed by atoms with van der Waals surface area (Å²) in [6.07, 6.45) is 0. The minimum absolute atomic E-state index is 0.172. The Morgan fingerprint density at radius 1 is 1.64 bits per heavy atom. The molecule has 0 unspecified atom stereocenters. The van der Waals surface area contributed by atoms with Crippen LogP contribution in [0.2, 0.25) is 0 Å². The van der Waals surface area contributed by atoms with Crippen molar-refractivity contribution in [3.63, 3.8) is 0 Å². The molecule has 0 saturated heterocycles. The van der Waals surface area contributed by atoms with Crippen LogP contribution in [0.15, 0.2) is 6.07 Å². The number of aromatic carboxylic acids is 1. The Kier molecular flexibility index (Phi) is 1.81. The van der Waals surface area contributed by atoms with Gasteiger partial charge in [0.25, 0.3) is 5.78 Å². The van der Waals surface area contributed by atoms with Gasteiger partial charge in [0.1, 0.15) is 4.64 Å². The lowest BCUT2D eigenvalue weighted by Gasteiger charge is -1.92. The second-order valence-corrected chi connectivity index (χ2v) is 3.17. The molecule has 0 bridgehead atoms. The van der Waals surface area contributed by atoms with Crippen molar-refractivity contribution in [3.05, 3.63) is 22.2 Å². The van der Waals surface area contributed by atoms with Crippen molar-refractivity contribution in [2.24, 2.45) is 0 Å². The summed E-state index contributed by atoms with van der Waals surface area (Å²) in [6, 6.07) is 1.66. The van der Waals surface area contributed by atoms with Crippen LogP contribution < -0.4 is 0 Å². The van der Waals surface area contributed by atoms with Gasteiger partial charge in [0.15, 0.2) is 0 Å². The highest BCUT2D eigenvalue weighted by Gasteiger charge is 2.10. The van der Waals surface area contributed by atoms with Crippen LogP contribution >= 0.6 is 12.2 Å². The van der Waals surface area contributed by atoms with Crippen LogP contribution in [0.5, 0.6) is 0 Å². The molecule has 2 heterocycles. The predicted octanol–water partition coefficient (Wildman–Crippen LogP) is 0.794. The molecule has 72 valence electrons. The molecule has 7 heteroatoms. The van der Waals surface area contributed by atoms with Gasteiger partial charge in [-0.2, -0.15) is 4.98 Å². The van der Waals surface area contributed by atoms with Crippen molar-refractivity contribution < 1.29 is 9.90 Å². The molecule has 0 saturated carbocycles. The first kappa shape index (κ1) is 8.82. The third-order valence-electron chi connectivity index (χ3n) is 1.66. The average molecular weight is 210 g/mol. The maximum absolute atomic E-state index is 10.6. The largest absolute Gasteiger partial charge is 0.475 e. The minimum atomic E-state index is -1.14. The topological polar surface area (TPSA) is 83.3 Å². The van der Waals surface area contributed by atoms with Crippen molar-refractivity contribution in [3.8, 4) is 0 Å². The third-order valence-corrected chi connectivity index (χ3v) is 1.96. The molecule has 0 aliphatic rings. The smallest absolute Gasteiger partial charge is 0.373 e. The molecule has 2 N–H and O–H groups in total. The highest BCUT2D eigenvalue weighted by Crippen LogP contribution is 2.02. The van der Waals surface area contributed by atoms with Crippen molar-refractivity contribution in [2.45, 2.75) is 6.92 Å². The van der Waals surface area contributed by atoms with Gasteiger partial charge in [-0.15, -0.1) is 0 Å². The molecule has 0 spiro atoms. The Morgan fingerprint density at radius 2 is 2.36 bits per heavy atom. The van der Waals surface area contributed by atoms with E-state index in [1.807, 2.05) is 0 Å². The summed E-state index contributed by atoms with van der Waals surface area (Å²) in [5, 5.41) is 11.2. The van der Waals surface area contributed by atoms with Crippen LogP contribution in [0.1, 0.15) is 16.3 Å². The molecular weight excluding hydrogens is 204 g/mol. The number of aromatic amines is 1. The van der Waals surface area contributed by atoms with E-state index < -0.39 is 5.97 Å². The van der Waals surface area contributed by atoms with E-state index in [1.54, 1.807) is 13.0 Å². The van der Waals surface area contributed by atoms with Crippen LogP contribution in [-0.4, -0.2) is 30.7 Å². The lowest BCUT2D eigenvalue weighted by molar-refractivity contribution is 0.0684. The van der Waals surface area contributed by atoms with Gasteiger partial charge in [-0.25, -0.2) is 14.3 Å². The zero-order valence-electron chi connectivity index (χ0n) is 7.18. The first-order valence-corrected chi connectivity index (χ1v) is 4.18. The number of H-pyrrole nitrogens is 1. The van der Waals surface area contributed by atoms with Crippen LogP contribution in [0.3, 0.4) is 0 Å². The van der Waals surface area contributed by atoms with Gasteiger partial charge in [0.05, 0.1) is 0 Å². The van der Waals surface area contributed by atoms with Gasteiger partial charge in [0, 0.05) is 5.69 Å². The van der Waals surface area contributed by atoms with E-state index in [0.29, 0.717) is 10.3 Å². The number of fused-ring (bicyclic) bond motifs is 1. The predicted molar refractivity (Wildman–Crippen MR) is 49.9 cm³/mol. The van der Waals surface area contributed by atoms with E-state index in [1.165, 1.54) is 4.52 Å². The second kappa shape index (κ2) is 2.88. The van der Waals surface area contributed by atoms with Crippen molar-refractivity contribution in [1.29, 1.82) is 0 Å². The normalized spacial score (nSPS) is 10.6. The molecule has 0 fully saturated rings. The van der Waals surface area contributed by atoms with Gasteiger partial charge in [-0.05, 0) is 13.0 Å². The molecule has 0 radical (unpaired) electrons. The number of carbonyl (C=O) groups is 1. The molecule has 2 rings (SSSR count). The summed E-state index contributed by atoms with van der Waals surface area (Å²) in [5.74, 6) is -1.04. The van der Waals surface area contributed by atoms with Gasteiger partial charge in [-0.1, -0.05) is 12.2 Å². The highest BCUT2D eigenvalue weighted by molar-refractivity contribution is 7.71. The number of nitrogens with one attached hydrogen (secondary N) is 1. The van der Waals surface area contributed by atoms with Gasteiger partial charge < -0.3 is 5.11 Å². The van der Waals surface area contributed by atoms with Crippen LogP contribution in [-0.2, 0) is 0 Å². The molecule has 0 aliphatic carbocycles. The number of aromatic nitrogens is 4. The molecule has 0 aromatic carbocycles. The third kappa shape index (κ3) is 1.27. The number of carboxylic acids is 1. The summed E-state index contributed by atoms with van der Waals surface area (Å²) in [6.45, 7) is 1.77. The standard InChI is InChI=1S/C7H6N4O2S/c1-3-2-4(14)11-7(8-3)9-5(10-11)6(12)13/h2H,1H3,(H,12,13)(H,8,9,10). The maximum atomic E-state index is 10.6. The zero-order valence-corrected chi connectivity index (χ0v) is 8.00. The summed E-state index contributed by atoms with van der Waals surface area (Å²) >= 11 is 5.00. The number of nitrogens with zero attached hydrogens (tertiary/aromatic N) is 3. The highest BCUT2D eigenvalue weighted by atomic mass is 32.1. The Hall–Kier alpha value is -1.76. The number of hydrogen-bond donors (Lipinski definition) is 2. The zero-order chi connectivity index (χ0) is 10.3. The van der Waals surface area contributed by atoms with Gasteiger partial charge >= 0.3 is 5.97 Å². The molecule has 6 nitrogen and oxygen atoms in total. The van der Waals surface area contributed by atoms with Crippen molar-refractivity contribution in [2.75, 3.05) is 0 Å². The Morgan fingerprint density at radius 3 is 3.00 bits per heavy atom. The fraction of sp³-hybridized carbons (Fsp3) is 0.143. The molecular formula is C7H6N4O2S. The first-order chi connectivity index (χ1) is 6.58. The van der Waals surface area contributed by atoms with Gasteiger partial charge in [-0.3, -0.25) is 5.10 Å². The van der Waals surface area contributed by atoms with E-state index in [-0.39, 0.29) is 11.6 Å². The Bertz CT molecular complexity index is 571. The average Bonchev–Trinajstić information content (AvgIpc) is 2.47. The minimum Gasteiger partial charge on any atom is -0.475 e. The first-order valence-electron chi connectivity index (χ1n) is 3.77. The van der Waals surface area contributed by atoms with E-state index in [2.05, 4.69) is 15.1 Å². The fourth-order valence-corrected chi connectivity index (χ4v) is 1.39. The van der Waals surface area contributed by atoms with Gasteiger partial charge in [0.2, 0.25) is 5.82 Å². The lowest BCUT2D eigenvalue weighted by atomic mass is 10.5. The molecule has 0 amide bonds. The van der Waals surface area contributed by atoms with E-state index in [0.717, 1.165) is 0 Å². The summed E-state index contributed by atoms with van der Waals surface area (Å²) in [5.41, 5.74) is 0.707. The quantitative estimate of drug-likeness (QED) is 0.680. The van der Waals surface area contributed by atoms with E-state index in [9.17, 15) is 4.79 Å². The number of hydrogen-bond acceptors (Lipinski definition) is 4. The maximum Gasteiger partial charge on any atom is 0.373 e. The molecule has 0 atom stereocenters. The Labute approximate surface area is 83.2 Å². The number of aryl methyl sites for hydroxylation is 1. The summed E-state index contributed by atoms with van der Waals surface area (Å²) < 4.78 is 1.80. The number of carboxylic acid groups (broad SMARTS) is 1. The van der Waals surface area contributed by atoms with Crippen LogP contribution in [0.4, 0.5) is 0 Å². The van der Waals surface area contributed by atoms with Crippen LogP contribution in [0, 0.1) is 11.6 Å². The van der Waals surface area contributed by atoms with Crippen molar-refractivity contribution >= 4 is 24.0 Å². The molecule has 2 aromatic heterocycles. The SMILES string of the molecule is Cc1cc(=S)n2[nH]c(C(=O)O)nc2n1. The summed E-state index contributed by atoms with van der Waals surface area (Å²) in [7, 11) is 0. The number of rotatable bonds is 1. The van der Waals surface area contributed by atoms with E-state index >= 15 is 0 Å². The molecule has 2 aromatic rings. The van der Waals surface area contributed by atoms with Crippen LogP contribution in [0.25, 0.3) is 5.78 Å². The molecule has 0 aliphatic heterocycles. The fourth-order valence-electron chi connectivity index (χ4n) is 1.09. The monoisotopic (exact) mass is 210 g/mol.